The fourth-order valence-corrected chi connectivity index (χ4v) is 7.08. The van der Waals surface area contributed by atoms with E-state index >= 15 is 0 Å². The summed E-state index contributed by atoms with van der Waals surface area (Å²) in [4.78, 5) is 35.6. The molecule has 3 unspecified atom stereocenters. The summed E-state index contributed by atoms with van der Waals surface area (Å²) in [7, 11) is 0. The van der Waals surface area contributed by atoms with Gasteiger partial charge in [0.15, 0.2) is 0 Å². The number of hydrogen-bond acceptors (Lipinski definition) is 6. The first-order valence-electron chi connectivity index (χ1n) is 11.5. The lowest BCUT2D eigenvalue weighted by molar-refractivity contribution is 0.0885. The second-order valence-corrected chi connectivity index (χ2v) is 10.1. The minimum absolute atomic E-state index is 0.0695. The van der Waals surface area contributed by atoms with E-state index in [1.165, 1.54) is 5.57 Å². The van der Waals surface area contributed by atoms with Crippen molar-refractivity contribution in [3.8, 4) is 0 Å². The molecule has 4 aliphatic rings. The van der Waals surface area contributed by atoms with Crippen LogP contribution in [0.5, 0.6) is 0 Å². The zero-order chi connectivity index (χ0) is 22.8. The molecule has 0 aromatic heterocycles. The lowest BCUT2D eigenvalue weighted by Crippen LogP contribution is -2.40. The van der Waals surface area contributed by atoms with Crippen molar-refractivity contribution in [2.24, 2.45) is 27.1 Å². The number of nitrogens with two attached hydrogens (primary N) is 1. The molecule has 3 fully saturated rings. The van der Waals surface area contributed by atoms with E-state index in [0.29, 0.717) is 36.4 Å². The Bertz CT molecular complexity index is 1060. The Balaban J connectivity index is 1.15. The highest BCUT2D eigenvalue weighted by molar-refractivity contribution is 8.15. The zero-order valence-corrected chi connectivity index (χ0v) is 19.3. The second kappa shape index (κ2) is 9.17. The molecule has 3 heterocycles. The summed E-state index contributed by atoms with van der Waals surface area (Å²) in [5.41, 5.74) is 8.79. The van der Waals surface area contributed by atoms with Crippen LogP contribution < -0.4 is 5.73 Å². The Morgan fingerprint density at radius 2 is 2.18 bits per heavy atom. The highest BCUT2D eigenvalue weighted by Crippen LogP contribution is 2.73. The van der Waals surface area contributed by atoms with Crippen molar-refractivity contribution in [2.75, 3.05) is 19.7 Å². The molecule has 2 N–H and O–H groups in total. The number of thioether (sulfide) groups is 1. The highest BCUT2D eigenvalue weighted by Gasteiger charge is 2.73. The van der Waals surface area contributed by atoms with Gasteiger partial charge >= 0.3 is 6.09 Å². The Morgan fingerprint density at radius 3 is 2.94 bits per heavy atom. The molecule has 0 bridgehead atoms. The molecule has 1 saturated carbocycles. The Kier molecular flexibility index (Phi) is 6.10. The second-order valence-electron chi connectivity index (χ2n) is 8.93. The summed E-state index contributed by atoms with van der Waals surface area (Å²) >= 11 is 1.63. The number of amides is 2. The third kappa shape index (κ3) is 4.12. The lowest BCUT2D eigenvalue weighted by atomic mass is 9.88. The molecular formula is C25H28N4O3S. The summed E-state index contributed by atoms with van der Waals surface area (Å²) in [6.45, 7) is 1.72. The Labute approximate surface area is 197 Å². The van der Waals surface area contributed by atoms with Gasteiger partial charge in [-0.15, -0.1) is 11.8 Å². The third-order valence-corrected chi connectivity index (χ3v) is 8.62. The molecule has 5 rings (SSSR count). The fourth-order valence-electron chi connectivity index (χ4n) is 5.28. The van der Waals surface area contributed by atoms with Gasteiger partial charge in [-0.05, 0) is 44.2 Å². The summed E-state index contributed by atoms with van der Waals surface area (Å²) < 4.78 is 5.54. The quantitative estimate of drug-likeness (QED) is 0.660. The van der Waals surface area contributed by atoms with Crippen molar-refractivity contribution < 1.29 is 14.3 Å². The number of likely N-dealkylation sites (tertiary alicyclic amines) is 1. The van der Waals surface area contributed by atoms with Crippen molar-refractivity contribution in [1.29, 1.82) is 0 Å². The number of hydrogen-bond donors (Lipinski definition) is 1. The minimum atomic E-state index is -0.247. The van der Waals surface area contributed by atoms with E-state index in [2.05, 4.69) is 9.98 Å². The third-order valence-electron chi connectivity index (χ3n) is 7.08. The number of carbonyl (C=O) groups excluding carboxylic acids is 2. The van der Waals surface area contributed by atoms with Gasteiger partial charge in [-0.2, -0.15) is 0 Å². The highest BCUT2D eigenvalue weighted by atomic mass is 32.2. The molecule has 1 aromatic rings. The first-order valence-corrected chi connectivity index (χ1v) is 12.4. The van der Waals surface area contributed by atoms with Crippen LogP contribution in [0.15, 0.2) is 63.9 Å². The monoisotopic (exact) mass is 464 g/mol. The number of carbonyl (C=O) groups is 2. The topological polar surface area (TPSA) is 97.3 Å². The number of ether oxygens (including phenoxy) is 1. The average molecular weight is 465 g/mol. The van der Waals surface area contributed by atoms with Crippen LogP contribution in [0.4, 0.5) is 4.79 Å². The first kappa shape index (κ1) is 21.9. The molecule has 33 heavy (non-hydrogen) atoms. The van der Waals surface area contributed by atoms with Crippen molar-refractivity contribution in [3.63, 3.8) is 0 Å². The van der Waals surface area contributed by atoms with Gasteiger partial charge in [-0.3, -0.25) is 9.79 Å². The summed E-state index contributed by atoms with van der Waals surface area (Å²) in [5.74, 6) is 0.0816. The van der Waals surface area contributed by atoms with E-state index < -0.39 is 0 Å². The number of allylic oxidation sites excluding steroid dienone is 1. The largest absolute Gasteiger partial charge is 0.449 e. The number of nitrogens with zero attached hydrogens (tertiary/aromatic N) is 3. The molecule has 7 nitrogen and oxygen atoms in total. The van der Waals surface area contributed by atoms with Crippen LogP contribution in [0.3, 0.4) is 0 Å². The van der Waals surface area contributed by atoms with E-state index in [9.17, 15) is 9.59 Å². The van der Waals surface area contributed by atoms with Crippen LogP contribution in [-0.2, 0) is 4.74 Å². The SMILES string of the molecule is NC=C1C(=NC(=O)c2ccccc2)SC2C3CN(C(=O)OCCCC4=CN=CCC4)CCC132. The molecule has 2 amide bonds. The van der Waals surface area contributed by atoms with Gasteiger partial charge in [0.25, 0.3) is 5.91 Å². The fraction of sp³-hybridized carbons (Fsp3) is 0.440. The van der Waals surface area contributed by atoms with Crippen LogP contribution in [0.25, 0.3) is 0 Å². The van der Waals surface area contributed by atoms with E-state index in [1.54, 1.807) is 30.1 Å². The van der Waals surface area contributed by atoms with Gasteiger partial charge in [0.2, 0.25) is 0 Å². The first-order chi connectivity index (χ1) is 16.1. The van der Waals surface area contributed by atoms with E-state index in [-0.39, 0.29) is 17.4 Å². The van der Waals surface area contributed by atoms with Crippen LogP contribution >= 0.6 is 11.8 Å². The number of aliphatic imine (C=N–C) groups is 2. The number of fused-ring (bicyclic) bond motifs is 1. The van der Waals surface area contributed by atoms with Gasteiger partial charge in [0, 0.05) is 59.4 Å². The molecule has 3 aliphatic heterocycles. The smallest absolute Gasteiger partial charge is 0.409 e. The molecular weight excluding hydrogens is 436 g/mol. The summed E-state index contributed by atoms with van der Waals surface area (Å²) in [6.07, 6.45) is 9.83. The normalized spacial score (nSPS) is 30.1. The van der Waals surface area contributed by atoms with Gasteiger partial charge in [0.1, 0.15) is 5.04 Å². The molecule has 172 valence electrons. The zero-order valence-electron chi connectivity index (χ0n) is 18.5. The van der Waals surface area contributed by atoms with E-state index in [0.717, 1.165) is 42.7 Å². The lowest BCUT2D eigenvalue weighted by Gasteiger charge is -2.31. The summed E-state index contributed by atoms with van der Waals surface area (Å²) in [5, 5.41) is 1.04. The Hall–Kier alpha value is -2.87. The van der Waals surface area contributed by atoms with Crippen LogP contribution in [0, 0.1) is 11.3 Å². The molecule has 1 spiro atoms. The molecule has 3 atom stereocenters. The van der Waals surface area contributed by atoms with E-state index in [1.807, 2.05) is 35.5 Å². The van der Waals surface area contributed by atoms with E-state index in [4.69, 9.17) is 10.5 Å². The molecule has 1 aliphatic carbocycles. The maximum atomic E-state index is 12.6. The van der Waals surface area contributed by atoms with Crippen molar-refractivity contribution in [3.05, 3.63) is 59.4 Å². The molecule has 2 saturated heterocycles. The Morgan fingerprint density at radius 1 is 1.33 bits per heavy atom. The maximum absolute atomic E-state index is 12.6. The average Bonchev–Trinajstić information content (AvgIpc) is 3.38. The van der Waals surface area contributed by atoms with Crippen LogP contribution in [0.2, 0.25) is 0 Å². The predicted molar refractivity (Wildman–Crippen MR) is 130 cm³/mol. The van der Waals surface area contributed by atoms with Crippen molar-refractivity contribution >= 4 is 35.0 Å². The van der Waals surface area contributed by atoms with Gasteiger partial charge in [-0.1, -0.05) is 23.8 Å². The van der Waals surface area contributed by atoms with Gasteiger partial charge in [0.05, 0.1) is 6.61 Å². The standard InChI is InChI=1S/C25H28N4O3S/c26-14-19-23(28-22(30)18-8-2-1-3-9-18)33-21-20-16-29(12-10-25(19,20)21)24(31)32-13-5-7-17-6-4-11-27-15-17/h1-3,8-9,11,14-15,20-21H,4-7,10,12-13,16,26H2. The molecule has 0 radical (unpaired) electrons. The number of benzene rings is 1. The molecule has 8 heteroatoms. The predicted octanol–water partition coefficient (Wildman–Crippen LogP) is 4.17. The minimum Gasteiger partial charge on any atom is -0.449 e. The number of rotatable bonds is 5. The maximum Gasteiger partial charge on any atom is 0.409 e. The van der Waals surface area contributed by atoms with Crippen LogP contribution in [0.1, 0.15) is 42.5 Å². The van der Waals surface area contributed by atoms with Crippen LogP contribution in [-0.4, -0.2) is 53.1 Å². The molecule has 1 aromatic carbocycles. The van der Waals surface area contributed by atoms with Crippen molar-refractivity contribution in [2.45, 2.75) is 37.4 Å². The number of piperidine rings is 1. The van der Waals surface area contributed by atoms with Crippen molar-refractivity contribution in [1.82, 2.24) is 4.90 Å². The van der Waals surface area contributed by atoms with Gasteiger partial charge < -0.3 is 15.4 Å². The van der Waals surface area contributed by atoms with Gasteiger partial charge in [-0.25, -0.2) is 9.79 Å². The summed E-state index contributed by atoms with van der Waals surface area (Å²) in [6, 6.07) is 9.07.